The van der Waals surface area contributed by atoms with Crippen molar-refractivity contribution < 1.29 is 5.11 Å². The zero-order chi connectivity index (χ0) is 14.6. The third-order valence-electron chi connectivity index (χ3n) is 3.36. The van der Waals surface area contributed by atoms with Gasteiger partial charge in [-0.3, -0.25) is 0 Å². The normalized spacial score (nSPS) is 11.2. The smallest absolute Gasteiger partial charge is 0.119 e. The summed E-state index contributed by atoms with van der Waals surface area (Å²) in [4.78, 5) is 0. The minimum absolute atomic E-state index is 0. The third kappa shape index (κ3) is 6.20. The maximum Gasteiger partial charge on any atom is 0.119 e. The number of rotatable bonds is 6. The number of aromatic hydroxyl groups is 1. The molecule has 0 saturated carbocycles. The Morgan fingerprint density at radius 1 is 0.750 bits per heavy atom. The summed E-state index contributed by atoms with van der Waals surface area (Å²) < 4.78 is 0. The van der Waals surface area contributed by atoms with Gasteiger partial charge < -0.3 is 5.11 Å². The molecule has 0 spiro atoms. The van der Waals surface area contributed by atoms with E-state index in [-0.39, 0.29) is 29.6 Å². The van der Waals surface area contributed by atoms with Crippen LogP contribution in [0.1, 0.15) is 58.2 Å². The van der Waals surface area contributed by atoms with Gasteiger partial charge in [0.1, 0.15) is 5.75 Å². The largest absolute Gasteiger partial charge is 0.508 e. The summed E-state index contributed by atoms with van der Waals surface area (Å²) >= 11 is 0. The number of phenols is 1. The van der Waals surface area contributed by atoms with Gasteiger partial charge in [-0.15, -0.1) is 0 Å². The fourth-order valence-corrected chi connectivity index (χ4v) is 2.66. The number of hydrogen-bond donors (Lipinski definition) is 1. The van der Waals surface area contributed by atoms with E-state index in [1.54, 1.807) is 0 Å². The van der Waals surface area contributed by atoms with Crippen LogP contribution in [0.25, 0.3) is 0 Å². The fraction of sp³-hybridized carbons (Fsp3) is 0.667. The summed E-state index contributed by atoms with van der Waals surface area (Å²) in [5.74, 6) is 2.34. The second-order valence-corrected chi connectivity index (χ2v) is 6.99. The van der Waals surface area contributed by atoms with Crippen molar-refractivity contribution in [1.82, 2.24) is 0 Å². The van der Waals surface area contributed by atoms with E-state index in [0.717, 1.165) is 19.3 Å². The van der Waals surface area contributed by atoms with Crippen molar-refractivity contribution in [3.63, 3.8) is 0 Å². The first kappa shape index (κ1) is 20.0. The molecule has 1 radical (unpaired) electrons. The molecule has 0 amide bonds. The average Bonchev–Trinajstić information content (AvgIpc) is 2.25. The van der Waals surface area contributed by atoms with E-state index in [9.17, 15) is 5.11 Å². The average molecular weight is 285 g/mol. The van der Waals surface area contributed by atoms with Crippen LogP contribution in [0, 0.1) is 17.8 Å². The van der Waals surface area contributed by atoms with Gasteiger partial charge in [-0.05, 0) is 59.8 Å². The van der Waals surface area contributed by atoms with Crippen molar-refractivity contribution in [1.29, 1.82) is 0 Å². The quantitative estimate of drug-likeness (QED) is 0.757. The van der Waals surface area contributed by atoms with Crippen LogP contribution in [0.3, 0.4) is 0 Å². The zero-order valence-electron chi connectivity index (χ0n) is 14.5. The van der Waals surface area contributed by atoms with Gasteiger partial charge in [-0.1, -0.05) is 47.6 Å². The molecular formula is C18H30NaO. The van der Waals surface area contributed by atoms with Crippen LogP contribution in [0.2, 0.25) is 0 Å². The number of benzene rings is 1. The molecule has 1 aromatic carbocycles. The van der Waals surface area contributed by atoms with Crippen molar-refractivity contribution in [3.05, 3.63) is 28.8 Å². The van der Waals surface area contributed by atoms with E-state index in [0.29, 0.717) is 23.5 Å². The molecule has 0 heterocycles. The Bertz CT molecular complexity index is 408. The molecule has 1 rings (SSSR count). The van der Waals surface area contributed by atoms with Gasteiger partial charge in [-0.2, -0.15) is 0 Å². The molecule has 0 aliphatic rings. The topological polar surface area (TPSA) is 20.2 Å². The van der Waals surface area contributed by atoms with Gasteiger partial charge in [0.2, 0.25) is 0 Å². The summed E-state index contributed by atoms with van der Waals surface area (Å²) in [6, 6.07) is 4.01. The first-order valence-electron chi connectivity index (χ1n) is 7.63. The van der Waals surface area contributed by atoms with Crippen LogP contribution in [0.15, 0.2) is 12.1 Å². The molecule has 1 N–H and O–H groups in total. The van der Waals surface area contributed by atoms with E-state index in [1.807, 2.05) is 6.07 Å². The SMILES string of the molecule is CC(C)Cc1ccc(O)c(CC(C)C)c1CC(C)C.[Na]. The zero-order valence-corrected chi connectivity index (χ0v) is 16.5. The van der Waals surface area contributed by atoms with Gasteiger partial charge in [0.05, 0.1) is 0 Å². The summed E-state index contributed by atoms with van der Waals surface area (Å²) in [6.45, 7) is 13.5. The summed E-state index contributed by atoms with van der Waals surface area (Å²) in [6.07, 6.45) is 3.14. The van der Waals surface area contributed by atoms with E-state index in [4.69, 9.17) is 0 Å². The van der Waals surface area contributed by atoms with Crippen LogP contribution in [0.4, 0.5) is 0 Å². The summed E-state index contributed by atoms with van der Waals surface area (Å²) in [5, 5.41) is 10.2. The standard InChI is InChI=1S/C18H30O.Na/c1-12(2)9-15-7-8-18(19)17(11-14(5)6)16(15)10-13(3)4;/h7-8,12-14,19H,9-11H2,1-6H3;. The maximum atomic E-state index is 10.2. The van der Waals surface area contributed by atoms with Gasteiger partial charge in [0, 0.05) is 29.6 Å². The van der Waals surface area contributed by atoms with Gasteiger partial charge in [-0.25, -0.2) is 0 Å². The Hall–Kier alpha value is 0.0200. The molecule has 20 heavy (non-hydrogen) atoms. The number of hydrogen-bond acceptors (Lipinski definition) is 1. The van der Waals surface area contributed by atoms with E-state index in [2.05, 4.69) is 47.6 Å². The predicted octanol–water partition coefficient (Wildman–Crippen LogP) is 4.61. The molecule has 0 fully saturated rings. The Balaban J connectivity index is 0.00000361. The molecule has 2 heteroatoms. The second-order valence-electron chi connectivity index (χ2n) is 6.99. The molecule has 0 atom stereocenters. The first-order chi connectivity index (χ1) is 8.81. The Morgan fingerprint density at radius 3 is 1.65 bits per heavy atom. The van der Waals surface area contributed by atoms with Crippen LogP contribution in [-0.4, -0.2) is 34.7 Å². The molecule has 0 aromatic heterocycles. The molecule has 1 aromatic rings. The summed E-state index contributed by atoms with van der Waals surface area (Å²) in [7, 11) is 0. The van der Waals surface area contributed by atoms with Crippen molar-refractivity contribution in [3.8, 4) is 5.75 Å². The van der Waals surface area contributed by atoms with Gasteiger partial charge in [0.15, 0.2) is 0 Å². The predicted molar refractivity (Wildman–Crippen MR) is 89.5 cm³/mol. The molecular weight excluding hydrogens is 255 g/mol. The molecule has 109 valence electrons. The van der Waals surface area contributed by atoms with E-state index in [1.165, 1.54) is 16.7 Å². The second kappa shape index (κ2) is 9.12. The van der Waals surface area contributed by atoms with Crippen LogP contribution in [0.5, 0.6) is 5.75 Å². The Labute approximate surface area is 147 Å². The minimum atomic E-state index is 0. The van der Waals surface area contributed by atoms with Crippen LogP contribution >= 0.6 is 0 Å². The molecule has 0 saturated heterocycles. The molecule has 0 aliphatic heterocycles. The van der Waals surface area contributed by atoms with Gasteiger partial charge >= 0.3 is 0 Å². The van der Waals surface area contributed by atoms with Crippen molar-refractivity contribution in [2.45, 2.75) is 60.8 Å². The fourth-order valence-electron chi connectivity index (χ4n) is 2.66. The summed E-state index contributed by atoms with van der Waals surface area (Å²) in [5.41, 5.74) is 4.01. The van der Waals surface area contributed by atoms with E-state index < -0.39 is 0 Å². The molecule has 0 aliphatic carbocycles. The van der Waals surface area contributed by atoms with Gasteiger partial charge in [0.25, 0.3) is 0 Å². The molecule has 0 bridgehead atoms. The maximum absolute atomic E-state index is 10.2. The van der Waals surface area contributed by atoms with Crippen molar-refractivity contribution in [2.75, 3.05) is 0 Å². The van der Waals surface area contributed by atoms with E-state index >= 15 is 0 Å². The van der Waals surface area contributed by atoms with Crippen LogP contribution < -0.4 is 0 Å². The molecule has 0 unspecified atom stereocenters. The van der Waals surface area contributed by atoms with Crippen molar-refractivity contribution in [2.24, 2.45) is 17.8 Å². The Kier molecular flexibility index (Phi) is 9.13. The molecule has 1 nitrogen and oxygen atoms in total. The van der Waals surface area contributed by atoms with Crippen molar-refractivity contribution >= 4 is 29.6 Å². The monoisotopic (exact) mass is 285 g/mol. The minimum Gasteiger partial charge on any atom is -0.508 e. The Morgan fingerprint density at radius 2 is 1.20 bits per heavy atom. The van der Waals surface area contributed by atoms with Crippen LogP contribution in [-0.2, 0) is 19.3 Å². The third-order valence-corrected chi connectivity index (χ3v) is 3.36. The first-order valence-corrected chi connectivity index (χ1v) is 7.63. The number of phenolic OH excluding ortho intramolecular Hbond substituents is 1.